The second kappa shape index (κ2) is 7.25. The van der Waals surface area contributed by atoms with Gasteiger partial charge in [-0.2, -0.15) is 0 Å². The monoisotopic (exact) mass is 344 g/mol. The molecule has 0 bridgehead atoms. The van der Waals surface area contributed by atoms with E-state index >= 15 is 0 Å². The number of hydrogen-bond acceptors (Lipinski definition) is 4. The second-order valence-corrected chi connectivity index (χ2v) is 6.28. The molecule has 0 aliphatic carbocycles. The van der Waals surface area contributed by atoms with Gasteiger partial charge in [-0.25, -0.2) is 8.78 Å². The van der Waals surface area contributed by atoms with Crippen LogP contribution in [0.25, 0.3) is 0 Å². The molecule has 5 N–H and O–H groups in total. The molecule has 2 aliphatic heterocycles. The largest absolute Gasteiger partial charge is 0.368 e. The Kier molecular flexibility index (Phi) is 5.53. The van der Waals surface area contributed by atoms with Crippen LogP contribution in [-0.2, 0) is 14.4 Å². The lowest BCUT2D eigenvalue weighted by molar-refractivity contribution is -0.132. The molecule has 0 radical (unpaired) electrons. The Hall–Kier alpha value is -2.03. The van der Waals surface area contributed by atoms with Gasteiger partial charge < -0.3 is 21.7 Å². The van der Waals surface area contributed by atoms with E-state index in [1.54, 1.807) is 0 Å². The summed E-state index contributed by atoms with van der Waals surface area (Å²) in [4.78, 5) is 35.5. The highest BCUT2D eigenvalue weighted by molar-refractivity contribution is 5.90. The van der Waals surface area contributed by atoms with Crippen LogP contribution in [0.5, 0.6) is 0 Å². The molecule has 2 heterocycles. The van der Waals surface area contributed by atoms with Crippen LogP contribution in [0.4, 0.5) is 8.78 Å². The van der Waals surface area contributed by atoms with Crippen molar-refractivity contribution in [1.29, 1.82) is 0 Å². The van der Waals surface area contributed by atoms with Crippen LogP contribution in [0, 0.1) is 5.92 Å². The second-order valence-electron chi connectivity index (χ2n) is 6.28. The maximum atomic E-state index is 13.7. The Balaban J connectivity index is 1.97. The first-order valence-electron chi connectivity index (χ1n) is 7.87. The highest BCUT2D eigenvalue weighted by atomic mass is 19.3. The minimum atomic E-state index is -3.14. The molecule has 2 fully saturated rings. The molecule has 24 heavy (non-hydrogen) atoms. The fourth-order valence-corrected chi connectivity index (χ4v) is 2.90. The average molecular weight is 344 g/mol. The number of piperidine rings is 2. The lowest BCUT2D eigenvalue weighted by atomic mass is 9.91. The van der Waals surface area contributed by atoms with E-state index < -0.39 is 42.2 Å². The Morgan fingerprint density at radius 1 is 1.46 bits per heavy atom. The van der Waals surface area contributed by atoms with Gasteiger partial charge in [0.2, 0.25) is 17.7 Å². The number of nitrogens with one attached hydrogen (secondary N) is 3. The normalized spacial score (nSPS) is 27.9. The number of rotatable bonds is 5. The minimum absolute atomic E-state index is 0.0583. The molecule has 2 rings (SSSR count). The third-order valence-electron chi connectivity index (χ3n) is 4.44. The van der Waals surface area contributed by atoms with Crippen molar-refractivity contribution in [1.82, 2.24) is 16.0 Å². The zero-order valence-corrected chi connectivity index (χ0v) is 13.2. The third-order valence-corrected chi connectivity index (χ3v) is 4.44. The summed E-state index contributed by atoms with van der Waals surface area (Å²) in [5, 5.41) is 7.73. The summed E-state index contributed by atoms with van der Waals surface area (Å²) in [5.74, 6) is -5.30. The fourth-order valence-electron chi connectivity index (χ4n) is 2.90. The molecular formula is C15H22F2N4O3. The number of carbonyl (C=O) groups is 3. The van der Waals surface area contributed by atoms with Crippen molar-refractivity contribution in [3.8, 4) is 0 Å². The van der Waals surface area contributed by atoms with Gasteiger partial charge in [-0.05, 0) is 19.3 Å². The van der Waals surface area contributed by atoms with Gasteiger partial charge in [0.15, 0.2) is 0 Å². The summed E-state index contributed by atoms with van der Waals surface area (Å²) in [6.07, 6.45) is 0.690. The number of carbonyl (C=O) groups excluding carboxylic acids is 3. The topological polar surface area (TPSA) is 113 Å². The number of alkyl halides is 2. The summed E-state index contributed by atoms with van der Waals surface area (Å²) in [6, 6.07) is -2.22. The summed E-state index contributed by atoms with van der Waals surface area (Å²) in [5.41, 5.74) is 5.00. The summed E-state index contributed by atoms with van der Waals surface area (Å²) in [7, 11) is 0. The van der Waals surface area contributed by atoms with Crippen LogP contribution >= 0.6 is 0 Å². The van der Waals surface area contributed by atoms with Crippen molar-refractivity contribution in [3.63, 3.8) is 0 Å². The van der Waals surface area contributed by atoms with E-state index in [9.17, 15) is 23.2 Å². The lowest BCUT2D eigenvalue weighted by Gasteiger charge is -2.32. The molecule has 0 spiro atoms. The molecule has 0 aromatic rings. The summed E-state index contributed by atoms with van der Waals surface area (Å²) >= 11 is 0. The quantitative estimate of drug-likeness (QED) is 0.500. The van der Waals surface area contributed by atoms with Crippen LogP contribution in [0.1, 0.15) is 25.7 Å². The van der Waals surface area contributed by atoms with Crippen molar-refractivity contribution < 1.29 is 23.2 Å². The molecule has 2 aliphatic rings. The van der Waals surface area contributed by atoms with Crippen LogP contribution in [0.15, 0.2) is 12.2 Å². The van der Waals surface area contributed by atoms with Crippen molar-refractivity contribution in [3.05, 3.63) is 12.2 Å². The van der Waals surface area contributed by atoms with E-state index in [2.05, 4.69) is 22.5 Å². The number of halogens is 2. The van der Waals surface area contributed by atoms with E-state index in [1.807, 2.05) is 0 Å². The fraction of sp³-hybridized carbons (Fsp3) is 0.667. The average Bonchev–Trinajstić information content (AvgIpc) is 2.51. The Labute approximate surface area is 138 Å². The van der Waals surface area contributed by atoms with Gasteiger partial charge in [-0.3, -0.25) is 14.4 Å². The third kappa shape index (κ3) is 4.28. The first-order chi connectivity index (χ1) is 11.2. The van der Waals surface area contributed by atoms with E-state index in [1.165, 1.54) is 0 Å². The molecule has 0 unspecified atom stereocenters. The van der Waals surface area contributed by atoms with Crippen molar-refractivity contribution in [2.45, 2.75) is 43.7 Å². The van der Waals surface area contributed by atoms with Gasteiger partial charge >= 0.3 is 0 Å². The van der Waals surface area contributed by atoms with Crippen molar-refractivity contribution in [2.75, 3.05) is 13.1 Å². The van der Waals surface area contributed by atoms with E-state index in [0.717, 1.165) is 6.42 Å². The first-order valence-corrected chi connectivity index (χ1v) is 7.87. The zero-order chi connectivity index (χ0) is 17.9. The number of hydrogen-bond donors (Lipinski definition) is 4. The Morgan fingerprint density at radius 3 is 2.75 bits per heavy atom. The van der Waals surface area contributed by atoms with E-state index in [-0.39, 0.29) is 24.4 Å². The van der Waals surface area contributed by atoms with Gasteiger partial charge in [-0.15, -0.1) is 0 Å². The zero-order valence-electron chi connectivity index (χ0n) is 13.2. The Morgan fingerprint density at radius 2 is 2.17 bits per heavy atom. The van der Waals surface area contributed by atoms with Crippen LogP contribution in [-0.4, -0.2) is 48.8 Å². The van der Waals surface area contributed by atoms with Crippen LogP contribution in [0.2, 0.25) is 0 Å². The SMILES string of the molecule is C=C1CN[C@H](C(=O)N[C@@H](C[C@@H]2CCCNC2=O)C(N)=O)CC1(F)F. The summed E-state index contributed by atoms with van der Waals surface area (Å²) < 4.78 is 27.3. The van der Waals surface area contributed by atoms with E-state index in [4.69, 9.17) is 5.73 Å². The van der Waals surface area contributed by atoms with Gasteiger partial charge in [0.05, 0.1) is 6.04 Å². The number of nitrogens with two attached hydrogens (primary N) is 1. The molecule has 3 amide bonds. The van der Waals surface area contributed by atoms with Crippen LogP contribution < -0.4 is 21.7 Å². The molecule has 9 heteroatoms. The van der Waals surface area contributed by atoms with Crippen molar-refractivity contribution >= 4 is 17.7 Å². The molecular weight excluding hydrogens is 322 g/mol. The number of primary amides is 1. The summed E-state index contributed by atoms with van der Waals surface area (Å²) in [6.45, 7) is 3.67. The maximum Gasteiger partial charge on any atom is 0.272 e. The van der Waals surface area contributed by atoms with Crippen LogP contribution in [0.3, 0.4) is 0 Å². The standard InChI is InChI=1S/C15H22F2N4O3/c1-8-7-20-11(6-15(8,16)17)14(24)21-10(12(18)22)5-9-3-2-4-19-13(9)23/h9-11,20H,1-7H2,(H2,18,22)(H,19,23)(H,21,24)/t9-,10-,11-/m0/s1. The minimum Gasteiger partial charge on any atom is -0.368 e. The predicted molar refractivity (Wildman–Crippen MR) is 82.0 cm³/mol. The maximum absolute atomic E-state index is 13.7. The van der Waals surface area contributed by atoms with Gasteiger partial charge in [0.1, 0.15) is 6.04 Å². The first kappa shape index (κ1) is 18.3. The molecule has 2 saturated heterocycles. The van der Waals surface area contributed by atoms with Crippen molar-refractivity contribution in [2.24, 2.45) is 11.7 Å². The van der Waals surface area contributed by atoms with Gasteiger partial charge in [0, 0.05) is 31.0 Å². The lowest BCUT2D eigenvalue weighted by Crippen LogP contribution is -2.57. The molecule has 134 valence electrons. The highest BCUT2D eigenvalue weighted by Crippen LogP contribution is 2.31. The molecule has 3 atom stereocenters. The van der Waals surface area contributed by atoms with E-state index in [0.29, 0.717) is 13.0 Å². The number of amides is 3. The molecule has 7 nitrogen and oxygen atoms in total. The molecule has 0 saturated carbocycles. The highest BCUT2D eigenvalue weighted by Gasteiger charge is 2.42. The predicted octanol–water partition coefficient (Wildman–Crippen LogP) is -0.574. The Bertz CT molecular complexity index is 553. The van der Waals surface area contributed by atoms with Gasteiger partial charge in [-0.1, -0.05) is 6.58 Å². The molecule has 0 aromatic heterocycles. The van der Waals surface area contributed by atoms with Gasteiger partial charge in [0.25, 0.3) is 5.92 Å². The smallest absolute Gasteiger partial charge is 0.272 e. The molecule has 0 aromatic carbocycles.